The van der Waals surface area contributed by atoms with Crippen molar-refractivity contribution in [1.82, 2.24) is 20.0 Å². The molecule has 0 spiro atoms. The van der Waals surface area contributed by atoms with Crippen molar-refractivity contribution in [3.8, 4) is 0 Å². The van der Waals surface area contributed by atoms with Gasteiger partial charge in [-0.25, -0.2) is 4.99 Å². The SMILES string of the molecule is CCNC(=NCc1cnn(C)c1)N1CCC(OCC)CC1.I. The fraction of sp³-hybridized carbons (Fsp3) is 0.733. The van der Waals surface area contributed by atoms with Gasteiger partial charge in [0.25, 0.3) is 0 Å². The van der Waals surface area contributed by atoms with E-state index in [0.29, 0.717) is 12.6 Å². The third-order valence-corrected chi connectivity index (χ3v) is 3.65. The molecule has 0 aliphatic carbocycles. The van der Waals surface area contributed by atoms with Crippen LogP contribution in [-0.2, 0) is 18.3 Å². The highest BCUT2D eigenvalue weighted by atomic mass is 127. The molecule has 1 aromatic heterocycles. The fourth-order valence-corrected chi connectivity index (χ4v) is 2.62. The maximum absolute atomic E-state index is 5.70. The Kier molecular flexibility index (Phi) is 8.77. The number of likely N-dealkylation sites (tertiary alicyclic amines) is 1. The second-order valence-corrected chi connectivity index (χ2v) is 5.33. The van der Waals surface area contributed by atoms with Crippen molar-refractivity contribution in [1.29, 1.82) is 0 Å². The van der Waals surface area contributed by atoms with Gasteiger partial charge in [-0.15, -0.1) is 24.0 Å². The summed E-state index contributed by atoms with van der Waals surface area (Å²) in [7, 11) is 1.93. The van der Waals surface area contributed by atoms with Crippen molar-refractivity contribution in [2.45, 2.75) is 39.3 Å². The van der Waals surface area contributed by atoms with Gasteiger partial charge < -0.3 is 15.0 Å². The lowest BCUT2D eigenvalue weighted by molar-refractivity contribution is 0.0263. The summed E-state index contributed by atoms with van der Waals surface area (Å²) < 4.78 is 7.52. The van der Waals surface area contributed by atoms with E-state index in [4.69, 9.17) is 9.73 Å². The summed E-state index contributed by atoms with van der Waals surface area (Å²) in [6, 6.07) is 0. The summed E-state index contributed by atoms with van der Waals surface area (Å²) in [5.41, 5.74) is 1.14. The number of aliphatic imine (C=N–C) groups is 1. The van der Waals surface area contributed by atoms with Crippen LogP contribution < -0.4 is 5.32 Å². The number of rotatable bonds is 5. The summed E-state index contributed by atoms with van der Waals surface area (Å²) in [5, 5.41) is 7.56. The average molecular weight is 421 g/mol. The number of aryl methyl sites for hydroxylation is 1. The molecule has 0 aromatic carbocycles. The minimum Gasteiger partial charge on any atom is -0.378 e. The number of nitrogens with one attached hydrogen (secondary N) is 1. The van der Waals surface area contributed by atoms with E-state index in [9.17, 15) is 0 Å². The molecule has 0 atom stereocenters. The van der Waals surface area contributed by atoms with Crippen LogP contribution in [0.3, 0.4) is 0 Å². The number of aromatic nitrogens is 2. The van der Waals surface area contributed by atoms with Gasteiger partial charge in [-0.2, -0.15) is 5.10 Å². The third kappa shape index (κ3) is 5.75. The standard InChI is InChI=1S/C15H27N5O.HI/c1-4-16-15(17-10-13-11-18-19(3)12-13)20-8-6-14(7-9-20)21-5-2;/h11-12,14H,4-10H2,1-3H3,(H,16,17);1H. The topological polar surface area (TPSA) is 54.7 Å². The van der Waals surface area contributed by atoms with Gasteiger partial charge in [-0.05, 0) is 26.7 Å². The number of piperidine rings is 1. The van der Waals surface area contributed by atoms with Gasteiger partial charge in [-0.3, -0.25) is 4.68 Å². The van der Waals surface area contributed by atoms with Crippen molar-refractivity contribution in [2.75, 3.05) is 26.2 Å². The first kappa shape index (κ1) is 19.2. The molecule has 0 radical (unpaired) electrons. The Bertz CT molecular complexity index is 455. The highest BCUT2D eigenvalue weighted by Gasteiger charge is 2.21. The van der Waals surface area contributed by atoms with Crippen molar-refractivity contribution in [2.24, 2.45) is 12.0 Å². The Hall–Kier alpha value is -0.830. The molecule has 0 amide bonds. The van der Waals surface area contributed by atoms with E-state index in [1.807, 2.05) is 24.1 Å². The first-order valence-corrected chi connectivity index (χ1v) is 7.85. The molecule has 1 N–H and O–H groups in total. The lowest BCUT2D eigenvalue weighted by atomic mass is 10.1. The monoisotopic (exact) mass is 421 g/mol. The first-order valence-electron chi connectivity index (χ1n) is 7.85. The Morgan fingerprint density at radius 1 is 1.41 bits per heavy atom. The average Bonchev–Trinajstić information content (AvgIpc) is 2.90. The van der Waals surface area contributed by atoms with Gasteiger partial charge in [0, 0.05) is 45.0 Å². The number of hydrogen-bond donors (Lipinski definition) is 1. The first-order chi connectivity index (χ1) is 10.2. The molecule has 1 aliphatic heterocycles. The molecule has 22 heavy (non-hydrogen) atoms. The highest BCUT2D eigenvalue weighted by molar-refractivity contribution is 14.0. The third-order valence-electron chi connectivity index (χ3n) is 3.65. The van der Waals surface area contributed by atoms with Gasteiger partial charge in [0.15, 0.2) is 5.96 Å². The second-order valence-electron chi connectivity index (χ2n) is 5.33. The van der Waals surface area contributed by atoms with E-state index in [1.54, 1.807) is 0 Å². The van der Waals surface area contributed by atoms with Crippen molar-refractivity contribution in [3.63, 3.8) is 0 Å². The van der Waals surface area contributed by atoms with Crippen LogP contribution in [0.25, 0.3) is 0 Å². The molecule has 1 fully saturated rings. The lowest BCUT2D eigenvalue weighted by Crippen LogP contribution is -2.47. The number of ether oxygens (including phenoxy) is 1. The van der Waals surface area contributed by atoms with E-state index < -0.39 is 0 Å². The summed E-state index contributed by atoms with van der Waals surface area (Å²) in [4.78, 5) is 7.06. The molecule has 1 saturated heterocycles. The zero-order valence-corrected chi connectivity index (χ0v) is 16.1. The van der Waals surface area contributed by atoms with Crippen molar-refractivity contribution < 1.29 is 4.74 Å². The quantitative estimate of drug-likeness (QED) is 0.449. The smallest absolute Gasteiger partial charge is 0.194 e. The van der Waals surface area contributed by atoms with Crippen LogP contribution in [0, 0.1) is 0 Å². The summed E-state index contributed by atoms with van der Waals surface area (Å²) >= 11 is 0. The molecular weight excluding hydrogens is 393 g/mol. The van der Waals surface area contributed by atoms with Crippen LogP contribution in [-0.4, -0.2) is 53.0 Å². The zero-order valence-electron chi connectivity index (χ0n) is 13.8. The highest BCUT2D eigenvalue weighted by Crippen LogP contribution is 2.14. The van der Waals surface area contributed by atoms with Crippen LogP contribution in [0.5, 0.6) is 0 Å². The maximum atomic E-state index is 5.70. The van der Waals surface area contributed by atoms with Gasteiger partial charge in [0.1, 0.15) is 0 Å². The molecule has 7 heteroatoms. The molecule has 2 rings (SSSR count). The Balaban J connectivity index is 0.00000242. The van der Waals surface area contributed by atoms with E-state index >= 15 is 0 Å². The minimum absolute atomic E-state index is 0. The predicted molar refractivity (Wildman–Crippen MR) is 99.7 cm³/mol. The Morgan fingerprint density at radius 3 is 2.68 bits per heavy atom. The van der Waals surface area contributed by atoms with Crippen LogP contribution in [0.4, 0.5) is 0 Å². The Morgan fingerprint density at radius 2 is 2.14 bits per heavy atom. The van der Waals surface area contributed by atoms with Crippen LogP contribution in [0.1, 0.15) is 32.3 Å². The molecule has 0 bridgehead atoms. The van der Waals surface area contributed by atoms with Gasteiger partial charge in [0.05, 0.1) is 18.8 Å². The maximum Gasteiger partial charge on any atom is 0.194 e. The number of nitrogens with zero attached hydrogens (tertiary/aromatic N) is 4. The lowest BCUT2D eigenvalue weighted by Gasteiger charge is -2.34. The molecule has 126 valence electrons. The van der Waals surface area contributed by atoms with Crippen molar-refractivity contribution >= 4 is 29.9 Å². The van der Waals surface area contributed by atoms with Gasteiger partial charge in [-0.1, -0.05) is 0 Å². The molecule has 0 unspecified atom stereocenters. The van der Waals surface area contributed by atoms with E-state index in [-0.39, 0.29) is 24.0 Å². The minimum atomic E-state index is 0. The summed E-state index contributed by atoms with van der Waals surface area (Å²) in [5.74, 6) is 0.997. The van der Waals surface area contributed by atoms with E-state index in [2.05, 4.69) is 29.2 Å². The summed E-state index contributed by atoms with van der Waals surface area (Å²) in [6.07, 6.45) is 6.44. The number of hydrogen-bond acceptors (Lipinski definition) is 3. The normalized spacial score (nSPS) is 16.5. The van der Waals surface area contributed by atoms with Gasteiger partial charge in [0.2, 0.25) is 0 Å². The van der Waals surface area contributed by atoms with E-state index in [1.165, 1.54) is 0 Å². The molecule has 2 heterocycles. The molecule has 1 aromatic rings. The van der Waals surface area contributed by atoms with Crippen LogP contribution in [0.15, 0.2) is 17.4 Å². The van der Waals surface area contributed by atoms with Gasteiger partial charge >= 0.3 is 0 Å². The summed E-state index contributed by atoms with van der Waals surface area (Å²) in [6.45, 7) is 8.53. The van der Waals surface area contributed by atoms with Crippen molar-refractivity contribution in [3.05, 3.63) is 18.0 Å². The number of halogens is 1. The predicted octanol–water partition coefficient (Wildman–Crippen LogP) is 2.00. The molecule has 6 nitrogen and oxygen atoms in total. The van der Waals surface area contributed by atoms with E-state index in [0.717, 1.165) is 50.6 Å². The molecule has 0 saturated carbocycles. The number of guanidine groups is 1. The molecular formula is C15H28IN5O. The van der Waals surface area contributed by atoms with Crippen LogP contribution in [0.2, 0.25) is 0 Å². The largest absolute Gasteiger partial charge is 0.378 e. The zero-order chi connectivity index (χ0) is 15.1. The molecule has 1 aliphatic rings. The van der Waals surface area contributed by atoms with Crippen LogP contribution >= 0.6 is 24.0 Å². The fourth-order valence-electron chi connectivity index (χ4n) is 2.62. The Labute approximate surface area is 150 Å². The second kappa shape index (κ2) is 10.0.